The van der Waals surface area contributed by atoms with Gasteiger partial charge in [-0.05, 0) is 18.1 Å². The highest BCUT2D eigenvalue weighted by atomic mass is 35.5. The van der Waals surface area contributed by atoms with Crippen LogP contribution in [0.25, 0.3) is 0 Å². The van der Waals surface area contributed by atoms with Crippen LogP contribution in [-0.4, -0.2) is 21.6 Å². The van der Waals surface area contributed by atoms with E-state index in [-0.39, 0.29) is 26.6 Å². The Hall–Kier alpha value is -1.00. The van der Waals surface area contributed by atoms with Crippen molar-refractivity contribution in [2.75, 3.05) is 7.11 Å². The van der Waals surface area contributed by atoms with Crippen LogP contribution in [0.3, 0.4) is 0 Å². The molecule has 0 aliphatic carbocycles. The van der Waals surface area contributed by atoms with Crippen LogP contribution >= 0.6 is 23.2 Å². The molecular formula is C12H14Cl2N2O3S. The summed E-state index contributed by atoms with van der Waals surface area (Å²) in [6.45, 7) is 3.47. The van der Waals surface area contributed by atoms with Crippen LogP contribution in [0.15, 0.2) is 17.0 Å². The van der Waals surface area contributed by atoms with Crippen LogP contribution in [0, 0.1) is 17.2 Å². The molecule has 1 rings (SSSR count). The van der Waals surface area contributed by atoms with E-state index in [1.807, 2.05) is 6.07 Å². The van der Waals surface area contributed by atoms with E-state index in [1.54, 1.807) is 13.8 Å². The number of nitrogens with one attached hydrogen (secondary N) is 1. The van der Waals surface area contributed by atoms with Gasteiger partial charge in [-0.25, -0.2) is 8.42 Å². The van der Waals surface area contributed by atoms with Crippen molar-refractivity contribution in [2.45, 2.75) is 24.8 Å². The molecule has 0 bridgehead atoms. The van der Waals surface area contributed by atoms with Crippen LogP contribution in [0.1, 0.15) is 13.8 Å². The van der Waals surface area contributed by atoms with E-state index < -0.39 is 16.1 Å². The third kappa shape index (κ3) is 3.55. The van der Waals surface area contributed by atoms with Crippen molar-refractivity contribution in [2.24, 2.45) is 5.92 Å². The van der Waals surface area contributed by atoms with Crippen LogP contribution < -0.4 is 9.46 Å². The number of benzene rings is 1. The van der Waals surface area contributed by atoms with Gasteiger partial charge in [0.2, 0.25) is 10.0 Å². The topological polar surface area (TPSA) is 79.2 Å². The fraction of sp³-hybridized carbons (Fsp3) is 0.417. The molecular weight excluding hydrogens is 323 g/mol. The Kier molecular flexibility index (Phi) is 5.66. The van der Waals surface area contributed by atoms with Gasteiger partial charge in [0.25, 0.3) is 0 Å². The van der Waals surface area contributed by atoms with Gasteiger partial charge in [-0.3, -0.25) is 0 Å². The Morgan fingerprint density at radius 1 is 1.30 bits per heavy atom. The van der Waals surface area contributed by atoms with Crippen molar-refractivity contribution in [3.63, 3.8) is 0 Å². The van der Waals surface area contributed by atoms with Gasteiger partial charge in [-0.1, -0.05) is 37.0 Å². The Morgan fingerprint density at radius 3 is 2.35 bits per heavy atom. The monoisotopic (exact) mass is 336 g/mol. The Morgan fingerprint density at radius 2 is 1.90 bits per heavy atom. The molecule has 0 unspecified atom stereocenters. The summed E-state index contributed by atoms with van der Waals surface area (Å²) in [5.41, 5.74) is 0. The van der Waals surface area contributed by atoms with Crippen molar-refractivity contribution in [1.29, 1.82) is 5.26 Å². The molecule has 1 N–H and O–H groups in total. The molecule has 0 amide bonds. The van der Waals surface area contributed by atoms with Gasteiger partial charge in [0.1, 0.15) is 21.7 Å². The summed E-state index contributed by atoms with van der Waals surface area (Å²) in [5, 5.41) is 8.83. The molecule has 5 nitrogen and oxygen atoms in total. The van der Waals surface area contributed by atoms with Crippen molar-refractivity contribution in [3.8, 4) is 11.8 Å². The number of ether oxygens (including phenoxy) is 1. The molecule has 0 fully saturated rings. The van der Waals surface area contributed by atoms with Crippen LogP contribution in [0.4, 0.5) is 0 Å². The Balaban J connectivity index is 3.24. The number of halogens is 2. The largest absolute Gasteiger partial charge is 0.495 e. The zero-order valence-corrected chi connectivity index (χ0v) is 13.5. The zero-order valence-electron chi connectivity index (χ0n) is 11.1. The number of rotatable bonds is 5. The molecule has 1 aromatic rings. The number of methoxy groups -OCH3 is 1. The molecule has 1 atom stereocenters. The Labute approximate surface area is 128 Å². The molecule has 0 heterocycles. The lowest BCUT2D eigenvalue weighted by molar-refractivity contribution is 0.414. The van der Waals surface area contributed by atoms with E-state index in [0.29, 0.717) is 0 Å². The molecule has 1 aromatic carbocycles. The molecule has 0 saturated heterocycles. The summed E-state index contributed by atoms with van der Waals surface area (Å²) in [6.07, 6.45) is 0. The molecule has 0 aliphatic heterocycles. The molecule has 0 aliphatic rings. The average Bonchev–Trinajstić information content (AvgIpc) is 2.38. The lowest BCUT2D eigenvalue weighted by atomic mass is 10.1. The Bertz CT molecular complexity index is 639. The molecule has 0 spiro atoms. The van der Waals surface area contributed by atoms with E-state index in [4.69, 9.17) is 33.2 Å². The molecule has 0 aromatic heterocycles. The van der Waals surface area contributed by atoms with Crippen LogP contribution in [-0.2, 0) is 10.0 Å². The quantitative estimate of drug-likeness (QED) is 0.896. The third-order valence-corrected chi connectivity index (χ3v) is 5.07. The fourth-order valence-electron chi connectivity index (χ4n) is 1.42. The van der Waals surface area contributed by atoms with Crippen LogP contribution in [0.2, 0.25) is 10.0 Å². The summed E-state index contributed by atoms with van der Waals surface area (Å²) >= 11 is 11.9. The summed E-state index contributed by atoms with van der Waals surface area (Å²) < 4.78 is 31.7. The number of sulfonamides is 1. The predicted octanol–water partition coefficient (Wildman–Crippen LogP) is 2.83. The lowest BCUT2D eigenvalue weighted by Gasteiger charge is -2.16. The minimum atomic E-state index is -3.94. The summed E-state index contributed by atoms with van der Waals surface area (Å²) in [6, 6.07) is 3.73. The first-order valence-corrected chi connectivity index (χ1v) is 7.92. The first-order valence-electron chi connectivity index (χ1n) is 5.68. The van der Waals surface area contributed by atoms with Gasteiger partial charge >= 0.3 is 0 Å². The van der Waals surface area contributed by atoms with E-state index in [0.717, 1.165) is 0 Å². The van der Waals surface area contributed by atoms with E-state index in [2.05, 4.69) is 4.72 Å². The highest BCUT2D eigenvalue weighted by Gasteiger charge is 2.26. The van der Waals surface area contributed by atoms with E-state index in [1.165, 1.54) is 19.2 Å². The summed E-state index contributed by atoms with van der Waals surface area (Å²) in [7, 11) is -2.54. The minimum Gasteiger partial charge on any atom is -0.495 e. The van der Waals surface area contributed by atoms with Crippen molar-refractivity contribution >= 4 is 33.2 Å². The van der Waals surface area contributed by atoms with Gasteiger partial charge < -0.3 is 4.74 Å². The normalized spacial score (nSPS) is 13.1. The average molecular weight is 337 g/mol. The van der Waals surface area contributed by atoms with Crippen LogP contribution in [0.5, 0.6) is 5.75 Å². The van der Waals surface area contributed by atoms with E-state index in [9.17, 15) is 8.42 Å². The maximum absolute atomic E-state index is 12.2. The lowest BCUT2D eigenvalue weighted by Crippen LogP contribution is -2.37. The number of hydrogen-bond acceptors (Lipinski definition) is 4. The van der Waals surface area contributed by atoms with Gasteiger partial charge in [0.05, 0.1) is 18.2 Å². The second-order valence-electron chi connectivity index (χ2n) is 4.37. The van der Waals surface area contributed by atoms with E-state index >= 15 is 0 Å². The standard InChI is InChI=1S/C12H14Cl2N2O3S/c1-7(2)8(6-15)16-20(17,18)10-5-4-9(19-3)11(13)12(10)14/h4-5,7-8,16H,1-3H3/t8-/m0/s1. The second-order valence-corrected chi connectivity index (χ2v) is 6.80. The SMILES string of the molecule is COc1ccc(S(=O)(=O)N[C@@H](C#N)C(C)C)c(Cl)c1Cl. The number of hydrogen-bond donors (Lipinski definition) is 1. The highest BCUT2D eigenvalue weighted by molar-refractivity contribution is 7.89. The molecule has 0 radical (unpaired) electrons. The van der Waals surface area contributed by atoms with Crippen molar-refractivity contribution < 1.29 is 13.2 Å². The van der Waals surface area contributed by atoms with Crippen molar-refractivity contribution in [1.82, 2.24) is 4.72 Å². The predicted molar refractivity (Wildman–Crippen MR) is 77.6 cm³/mol. The summed E-state index contributed by atoms with van der Waals surface area (Å²) in [5.74, 6) is 0.0959. The maximum atomic E-state index is 12.2. The van der Waals surface area contributed by atoms with Gasteiger partial charge in [-0.15, -0.1) is 0 Å². The second kappa shape index (κ2) is 6.64. The maximum Gasteiger partial charge on any atom is 0.243 e. The smallest absolute Gasteiger partial charge is 0.243 e. The first-order chi connectivity index (χ1) is 9.24. The molecule has 110 valence electrons. The molecule has 20 heavy (non-hydrogen) atoms. The zero-order chi connectivity index (χ0) is 15.5. The first kappa shape index (κ1) is 17.1. The van der Waals surface area contributed by atoms with Gasteiger partial charge in [0.15, 0.2) is 0 Å². The molecule has 0 saturated carbocycles. The number of nitriles is 1. The van der Waals surface area contributed by atoms with Crippen molar-refractivity contribution in [3.05, 3.63) is 22.2 Å². The third-order valence-electron chi connectivity index (χ3n) is 2.61. The molecule has 8 heteroatoms. The fourth-order valence-corrected chi connectivity index (χ4v) is 3.55. The van der Waals surface area contributed by atoms with Gasteiger partial charge in [0, 0.05) is 0 Å². The van der Waals surface area contributed by atoms with Gasteiger partial charge in [-0.2, -0.15) is 9.98 Å². The minimum absolute atomic E-state index is 0.00935. The highest BCUT2D eigenvalue weighted by Crippen LogP contribution is 2.36. The number of nitrogens with zero attached hydrogens (tertiary/aromatic N) is 1. The summed E-state index contributed by atoms with van der Waals surface area (Å²) in [4.78, 5) is -0.189.